The molecule has 2 rings (SSSR count). The monoisotopic (exact) mass is 277 g/mol. The van der Waals surface area contributed by atoms with E-state index in [2.05, 4.69) is 13.8 Å². The number of rotatable bonds is 3. The SMILES string of the molecule is CC(C)Cn1cc(B2OC(C)(C)C(C)(C)O2)ccc1=O. The number of aromatic nitrogens is 1. The predicted octanol–water partition coefficient (Wildman–Crippen LogP) is 1.80. The minimum Gasteiger partial charge on any atom is -0.399 e. The summed E-state index contributed by atoms with van der Waals surface area (Å²) in [6.07, 6.45) is 1.85. The predicted molar refractivity (Wildman–Crippen MR) is 81.3 cm³/mol. The summed E-state index contributed by atoms with van der Waals surface area (Å²) in [6, 6.07) is 3.38. The molecule has 0 amide bonds. The van der Waals surface area contributed by atoms with Crippen molar-refractivity contribution < 1.29 is 9.31 Å². The highest BCUT2D eigenvalue weighted by atomic mass is 16.7. The zero-order valence-electron chi connectivity index (χ0n) is 13.3. The highest BCUT2D eigenvalue weighted by Crippen LogP contribution is 2.36. The molecule has 1 fully saturated rings. The lowest BCUT2D eigenvalue weighted by Crippen LogP contribution is -2.41. The number of pyridine rings is 1. The molecule has 110 valence electrons. The van der Waals surface area contributed by atoms with Crippen LogP contribution in [0, 0.1) is 5.92 Å². The van der Waals surface area contributed by atoms with Gasteiger partial charge < -0.3 is 13.9 Å². The van der Waals surface area contributed by atoms with Crippen LogP contribution in [0.5, 0.6) is 0 Å². The molecule has 0 N–H and O–H groups in total. The van der Waals surface area contributed by atoms with Crippen molar-refractivity contribution in [3.05, 3.63) is 28.7 Å². The zero-order chi connectivity index (χ0) is 15.1. The Morgan fingerprint density at radius 3 is 2.20 bits per heavy atom. The number of hydrogen-bond donors (Lipinski definition) is 0. The van der Waals surface area contributed by atoms with Crippen molar-refractivity contribution in [2.75, 3.05) is 0 Å². The van der Waals surface area contributed by atoms with Gasteiger partial charge in [-0.1, -0.05) is 19.9 Å². The third-order valence-electron chi connectivity index (χ3n) is 4.09. The molecular formula is C15H24BNO3. The highest BCUT2D eigenvalue weighted by Gasteiger charge is 2.51. The van der Waals surface area contributed by atoms with E-state index in [0.717, 1.165) is 5.46 Å². The van der Waals surface area contributed by atoms with Crippen LogP contribution in [-0.4, -0.2) is 22.9 Å². The molecule has 1 aliphatic rings. The van der Waals surface area contributed by atoms with E-state index >= 15 is 0 Å². The van der Waals surface area contributed by atoms with Crippen molar-refractivity contribution >= 4 is 12.6 Å². The van der Waals surface area contributed by atoms with Crippen LogP contribution in [0.1, 0.15) is 41.5 Å². The molecule has 5 heteroatoms. The second kappa shape index (κ2) is 5.04. The van der Waals surface area contributed by atoms with E-state index in [0.29, 0.717) is 12.5 Å². The van der Waals surface area contributed by atoms with Crippen LogP contribution >= 0.6 is 0 Å². The van der Waals surface area contributed by atoms with Crippen LogP contribution in [-0.2, 0) is 15.9 Å². The summed E-state index contributed by atoms with van der Waals surface area (Å²) >= 11 is 0. The Morgan fingerprint density at radius 1 is 1.15 bits per heavy atom. The summed E-state index contributed by atoms with van der Waals surface area (Å²) in [7, 11) is -0.418. The van der Waals surface area contributed by atoms with E-state index in [1.54, 1.807) is 16.7 Å². The minimum atomic E-state index is -0.418. The molecule has 0 atom stereocenters. The fourth-order valence-corrected chi connectivity index (χ4v) is 2.20. The molecule has 1 aliphatic heterocycles. The van der Waals surface area contributed by atoms with E-state index in [9.17, 15) is 4.79 Å². The molecule has 20 heavy (non-hydrogen) atoms. The van der Waals surface area contributed by atoms with Crippen LogP contribution in [0.2, 0.25) is 0 Å². The van der Waals surface area contributed by atoms with Crippen LogP contribution in [0.15, 0.2) is 23.1 Å². The minimum absolute atomic E-state index is 0.0129. The second-order valence-electron chi connectivity index (χ2n) is 6.94. The summed E-state index contributed by atoms with van der Waals surface area (Å²) in [5, 5.41) is 0. The van der Waals surface area contributed by atoms with E-state index in [4.69, 9.17) is 9.31 Å². The van der Waals surface area contributed by atoms with Crippen LogP contribution in [0.25, 0.3) is 0 Å². The van der Waals surface area contributed by atoms with Crippen molar-refractivity contribution in [2.45, 2.75) is 59.3 Å². The normalized spacial score (nSPS) is 20.6. The Labute approximate surface area is 121 Å². The summed E-state index contributed by atoms with van der Waals surface area (Å²) in [5.41, 5.74) is 0.177. The van der Waals surface area contributed by atoms with Gasteiger partial charge in [-0.3, -0.25) is 4.79 Å². The molecule has 1 aromatic rings. The summed E-state index contributed by atoms with van der Waals surface area (Å²) in [6.45, 7) is 13.0. The fraction of sp³-hybridized carbons (Fsp3) is 0.667. The Hall–Kier alpha value is -1.07. The smallest absolute Gasteiger partial charge is 0.399 e. The molecule has 4 nitrogen and oxygen atoms in total. The lowest BCUT2D eigenvalue weighted by Gasteiger charge is -2.32. The van der Waals surface area contributed by atoms with Gasteiger partial charge in [-0.05, 0) is 39.1 Å². The molecule has 0 radical (unpaired) electrons. The van der Waals surface area contributed by atoms with Gasteiger partial charge in [-0.15, -0.1) is 0 Å². The van der Waals surface area contributed by atoms with Crippen LogP contribution < -0.4 is 11.0 Å². The lowest BCUT2D eigenvalue weighted by molar-refractivity contribution is 0.00578. The molecule has 0 bridgehead atoms. The van der Waals surface area contributed by atoms with Crippen molar-refractivity contribution in [3.8, 4) is 0 Å². The van der Waals surface area contributed by atoms with Crippen molar-refractivity contribution in [2.24, 2.45) is 5.92 Å². The van der Waals surface area contributed by atoms with Crippen molar-refractivity contribution in [3.63, 3.8) is 0 Å². The average Bonchev–Trinajstić information content (AvgIpc) is 2.50. The standard InChI is InChI=1S/C15H24BNO3/c1-11(2)9-17-10-12(7-8-13(17)18)16-19-14(3,4)15(5,6)20-16/h7-8,10-11H,9H2,1-6H3. The van der Waals surface area contributed by atoms with Gasteiger partial charge in [0.05, 0.1) is 11.2 Å². The molecular weight excluding hydrogens is 253 g/mol. The van der Waals surface area contributed by atoms with Gasteiger partial charge in [0.1, 0.15) is 0 Å². The highest BCUT2D eigenvalue weighted by molar-refractivity contribution is 6.62. The Kier molecular flexibility index (Phi) is 3.86. The second-order valence-corrected chi connectivity index (χ2v) is 6.94. The maximum Gasteiger partial charge on any atom is 0.496 e. The van der Waals surface area contributed by atoms with Crippen LogP contribution in [0.4, 0.5) is 0 Å². The topological polar surface area (TPSA) is 40.5 Å². The van der Waals surface area contributed by atoms with Gasteiger partial charge in [0.15, 0.2) is 0 Å². The zero-order valence-corrected chi connectivity index (χ0v) is 13.3. The molecule has 0 aliphatic carbocycles. The van der Waals surface area contributed by atoms with Gasteiger partial charge in [-0.25, -0.2) is 0 Å². The molecule has 0 spiro atoms. The maximum atomic E-state index is 11.9. The first kappa shape index (κ1) is 15.3. The first-order valence-electron chi connectivity index (χ1n) is 7.18. The fourth-order valence-electron chi connectivity index (χ4n) is 2.20. The van der Waals surface area contributed by atoms with Gasteiger partial charge in [0.2, 0.25) is 5.56 Å². The van der Waals surface area contributed by atoms with Crippen molar-refractivity contribution in [1.29, 1.82) is 0 Å². The quantitative estimate of drug-likeness (QED) is 0.791. The Morgan fingerprint density at radius 2 is 1.70 bits per heavy atom. The number of nitrogens with zero attached hydrogens (tertiary/aromatic N) is 1. The van der Waals surface area contributed by atoms with Gasteiger partial charge in [0, 0.05) is 18.8 Å². The van der Waals surface area contributed by atoms with Gasteiger partial charge in [-0.2, -0.15) is 0 Å². The first-order valence-corrected chi connectivity index (χ1v) is 7.18. The van der Waals surface area contributed by atoms with Gasteiger partial charge >= 0.3 is 7.12 Å². The van der Waals surface area contributed by atoms with E-state index in [1.165, 1.54) is 0 Å². The molecule has 0 unspecified atom stereocenters. The Balaban J connectivity index is 2.29. The summed E-state index contributed by atoms with van der Waals surface area (Å²) in [4.78, 5) is 11.9. The Bertz CT molecular complexity index is 532. The van der Waals surface area contributed by atoms with Crippen LogP contribution in [0.3, 0.4) is 0 Å². The molecule has 2 heterocycles. The molecule has 1 saturated heterocycles. The average molecular weight is 277 g/mol. The maximum absolute atomic E-state index is 11.9. The van der Waals surface area contributed by atoms with E-state index in [1.807, 2.05) is 33.9 Å². The summed E-state index contributed by atoms with van der Waals surface area (Å²) < 4.78 is 13.8. The molecule has 0 aromatic carbocycles. The van der Waals surface area contributed by atoms with E-state index < -0.39 is 7.12 Å². The van der Waals surface area contributed by atoms with E-state index in [-0.39, 0.29) is 16.8 Å². The van der Waals surface area contributed by atoms with Crippen molar-refractivity contribution in [1.82, 2.24) is 4.57 Å². The summed E-state index contributed by atoms with van der Waals surface area (Å²) in [5.74, 6) is 0.418. The lowest BCUT2D eigenvalue weighted by atomic mass is 9.80. The largest absolute Gasteiger partial charge is 0.496 e. The molecule has 1 aromatic heterocycles. The van der Waals surface area contributed by atoms with Gasteiger partial charge in [0.25, 0.3) is 0 Å². The number of hydrogen-bond acceptors (Lipinski definition) is 3. The third-order valence-corrected chi connectivity index (χ3v) is 4.09. The first-order chi connectivity index (χ1) is 9.12. The molecule has 0 saturated carbocycles. The third kappa shape index (κ3) is 2.84.